The number of rotatable bonds is 13. The Morgan fingerprint density at radius 2 is 0.772 bits per heavy atom. The molecule has 57 heavy (non-hydrogen) atoms. The molecule has 7 rings (SSSR count). The minimum Gasteiger partial charge on any atom is -0.463 e. The molecule has 0 bridgehead atoms. The Labute approximate surface area is 335 Å². The summed E-state index contributed by atoms with van der Waals surface area (Å²) in [5.74, 6) is -0.408. The van der Waals surface area contributed by atoms with Crippen molar-refractivity contribution in [3.8, 4) is 0 Å². The van der Waals surface area contributed by atoms with E-state index < -0.39 is 5.97 Å². The molecule has 1 N–H and O–H groups in total. The van der Waals surface area contributed by atoms with E-state index in [0.29, 0.717) is 0 Å². The van der Waals surface area contributed by atoms with Gasteiger partial charge in [0.15, 0.2) is 0 Å². The van der Waals surface area contributed by atoms with Crippen LogP contribution < -0.4 is 0 Å². The number of aliphatic hydroxyl groups excluding tert-OH is 1. The Kier molecular flexibility index (Phi) is 12.7. The zero-order valence-corrected chi connectivity index (χ0v) is 32.0. The van der Waals surface area contributed by atoms with E-state index in [1.807, 2.05) is 73.7 Å². The van der Waals surface area contributed by atoms with E-state index in [9.17, 15) is 9.90 Å². The van der Waals surface area contributed by atoms with Gasteiger partial charge in [0, 0.05) is 6.08 Å². The number of hydrogen-bond donors (Lipinski definition) is 1. The maximum absolute atomic E-state index is 13.1. The van der Waals surface area contributed by atoms with Gasteiger partial charge in [0.1, 0.15) is 0 Å². The van der Waals surface area contributed by atoms with E-state index in [1.54, 1.807) is 0 Å². The predicted octanol–water partition coefficient (Wildman–Crippen LogP) is 12.5. The molecule has 0 aliphatic carbocycles. The second kappa shape index (κ2) is 19.0. The summed E-state index contributed by atoms with van der Waals surface area (Å²) in [4.78, 5) is 13.1. The summed E-state index contributed by atoms with van der Waals surface area (Å²) < 4.78 is 5.43. The first-order chi connectivity index (χ1) is 28.2. The highest BCUT2D eigenvalue weighted by Crippen LogP contribution is 2.50. The molecule has 0 heterocycles. The van der Waals surface area contributed by atoms with Crippen molar-refractivity contribution in [1.82, 2.24) is 0 Å². The fraction of sp³-hybridized carbons (Fsp3) is 0.0556. The summed E-state index contributed by atoms with van der Waals surface area (Å²) in [6.07, 6.45) is 3.43. The third-order valence-electron chi connectivity index (χ3n) is 9.76. The standard InChI is InChI=1S/C54H44O3/c1-2-57-49(56)38-37-48(41-21-9-3-10-22-41)51(43-25-13-5-14-26-43)53(45-29-17-7-18-30-45)54(46-31-19-8-20-32-46)52(44-27-15-6-16-28-44)50(42-23-11-4-12-24-42)47-35-33-40(39-55)34-36-47/h3-38,55H,2,39H2,1H3/b38-37+,51-48-,52-50+,54-53-. The van der Waals surface area contributed by atoms with E-state index in [1.165, 1.54) is 6.08 Å². The van der Waals surface area contributed by atoms with Gasteiger partial charge in [0.25, 0.3) is 0 Å². The minimum absolute atomic E-state index is 0.0453. The number of esters is 1. The van der Waals surface area contributed by atoms with E-state index in [-0.39, 0.29) is 13.2 Å². The van der Waals surface area contributed by atoms with Crippen molar-refractivity contribution >= 4 is 39.4 Å². The molecule has 0 spiro atoms. The molecule has 0 amide bonds. The van der Waals surface area contributed by atoms with Crippen LogP contribution in [0.5, 0.6) is 0 Å². The van der Waals surface area contributed by atoms with Gasteiger partial charge in [-0.15, -0.1) is 0 Å². The van der Waals surface area contributed by atoms with Crippen LogP contribution in [0.15, 0.2) is 218 Å². The van der Waals surface area contributed by atoms with E-state index in [2.05, 4.69) is 146 Å². The maximum Gasteiger partial charge on any atom is 0.330 e. The van der Waals surface area contributed by atoms with Gasteiger partial charge in [-0.2, -0.15) is 0 Å². The molecule has 0 saturated carbocycles. The molecular weight excluding hydrogens is 697 g/mol. The van der Waals surface area contributed by atoms with Gasteiger partial charge in [-0.3, -0.25) is 0 Å². The van der Waals surface area contributed by atoms with Gasteiger partial charge in [0.2, 0.25) is 0 Å². The smallest absolute Gasteiger partial charge is 0.330 e. The number of ether oxygens (including phenoxy) is 1. The highest BCUT2D eigenvalue weighted by molar-refractivity contribution is 6.33. The molecule has 3 nitrogen and oxygen atoms in total. The lowest BCUT2D eigenvalue weighted by Crippen LogP contribution is -2.05. The van der Waals surface area contributed by atoms with Crippen molar-refractivity contribution in [2.24, 2.45) is 0 Å². The number of allylic oxidation sites excluding steroid dienone is 6. The van der Waals surface area contributed by atoms with Crippen LogP contribution >= 0.6 is 0 Å². The van der Waals surface area contributed by atoms with E-state index >= 15 is 0 Å². The molecule has 0 radical (unpaired) electrons. The Morgan fingerprint density at radius 1 is 0.421 bits per heavy atom. The normalized spacial score (nSPS) is 12.7. The second-order valence-electron chi connectivity index (χ2n) is 13.4. The van der Waals surface area contributed by atoms with Crippen molar-refractivity contribution in [3.63, 3.8) is 0 Å². The molecule has 0 aliphatic rings. The summed E-state index contributed by atoms with van der Waals surface area (Å²) in [7, 11) is 0. The lowest BCUT2D eigenvalue weighted by Gasteiger charge is -2.27. The lowest BCUT2D eigenvalue weighted by molar-refractivity contribution is -0.137. The molecule has 0 aliphatic heterocycles. The highest BCUT2D eigenvalue weighted by atomic mass is 16.5. The summed E-state index contributed by atoms with van der Waals surface area (Å²) in [5, 5.41) is 10.1. The summed E-state index contributed by atoms with van der Waals surface area (Å²) in [6.45, 7) is 2.05. The average Bonchev–Trinajstić information content (AvgIpc) is 3.29. The van der Waals surface area contributed by atoms with Crippen LogP contribution in [0.1, 0.15) is 51.4 Å². The van der Waals surface area contributed by atoms with Crippen LogP contribution in [0.3, 0.4) is 0 Å². The zero-order chi connectivity index (χ0) is 39.2. The van der Waals surface area contributed by atoms with Gasteiger partial charge in [-0.05, 0) is 90.9 Å². The summed E-state index contributed by atoms with van der Waals surface area (Å²) in [5.41, 5.74) is 13.8. The first kappa shape index (κ1) is 38.2. The van der Waals surface area contributed by atoms with Crippen LogP contribution in [0, 0.1) is 0 Å². The minimum atomic E-state index is -0.408. The van der Waals surface area contributed by atoms with Gasteiger partial charge in [0.05, 0.1) is 13.2 Å². The van der Waals surface area contributed by atoms with Crippen molar-refractivity contribution in [2.45, 2.75) is 13.5 Å². The number of carbonyl (C=O) groups excluding carboxylic acids is 1. The predicted molar refractivity (Wildman–Crippen MR) is 236 cm³/mol. The Bertz CT molecular complexity index is 2500. The van der Waals surface area contributed by atoms with Crippen LogP contribution in [0.2, 0.25) is 0 Å². The number of benzene rings is 7. The third-order valence-corrected chi connectivity index (χ3v) is 9.76. The Hall–Kier alpha value is -7.07. The monoisotopic (exact) mass is 740 g/mol. The third kappa shape index (κ3) is 9.08. The zero-order valence-electron chi connectivity index (χ0n) is 32.0. The molecule has 0 atom stereocenters. The first-order valence-electron chi connectivity index (χ1n) is 19.3. The molecule has 7 aromatic rings. The first-order valence-corrected chi connectivity index (χ1v) is 19.3. The van der Waals surface area contributed by atoms with Crippen molar-refractivity contribution < 1.29 is 14.6 Å². The summed E-state index contributed by atoms with van der Waals surface area (Å²) in [6, 6.07) is 71.1. The molecule has 0 saturated heterocycles. The molecule has 0 aromatic heterocycles. The van der Waals surface area contributed by atoms with E-state index in [4.69, 9.17) is 4.74 Å². The molecule has 3 heteroatoms. The maximum atomic E-state index is 13.1. The largest absolute Gasteiger partial charge is 0.463 e. The van der Waals surface area contributed by atoms with Gasteiger partial charge in [-0.25, -0.2) is 4.79 Å². The number of hydrogen-bond acceptors (Lipinski definition) is 3. The lowest BCUT2D eigenvalue weighted by atomic mass is 9.76. The van der Waals surface area contributed by atoms with Crippen LogP contribution in [-0.4, -0.2) is 17.7 Å². The molecule has 7 aromatic carbocycles. The van der Waals surface area contributed by atoms with E-state index in [0.717, 1.165) is 77.9 Å². The Balaban J connectivity index is 1.78. The highest BCUT2D eigenvalue weighted by Gasteiger charge is 2.27. The van der Waals surface area contributed by atoms with Crippen molar-refractivity contribution in [2.75, 3.05) is 6.61 Å². The molecule has 0 unspecified atom stereocenters. The fourth-order valence-corrected chi connectivity index (χ4v) is 7.22. The van der Waals surface area contributed by atoms with Crippen LogP contribution in [0.4, 0.5) is 0 Å². The number of aliphatic hydroxyl groups is 1. The van der Waals surface area contributed by atoms with Gasteiger partial charge < -0.3 is 9.84 Å². The summed E-state index contributed by atoms with van der Waals surface area (Å²) >= 11 is 0. The molecular formula is C54H44O3. The topological polar surface area (TPSA) is 46.5 Å². The van der Waals surface area contributed by atoms with Crippen molar-refractivity contribution in [1.29, 1.82) is 0 Å². The van der Waals surface area contributed by atoms with Gasteiger partial charge >= 0.3 is 5.97 Å². The number of carbonyl (C=O) groups is 1. The van der Waals surface area contributed by atoms with Crippen LogP contribution in [-0.2, 0) is 16.1 Å². The van der Waals surface area contributed by atoms with Crippen LogP contribution in [0.25, 0.3) is 33.4 Å². The molecule has 278 valence electrons. The van der Waals surface area contributed by atoms with Gasteiger partial charge in [-0.1, -0.05) is 206 Å². The fourth-order valence-electron chi connectivity index (χ4n) is 7.22. The SMILES string of the molecule is CCOC(=O)/C=C/C(=C(/C(=C(\C(=C(/c1ccccc1)c1ccc(CO)cc1)c1ccccc1)c1ccccc1)c1ccccc1)c1ccccc1)c1ccccc1. The Morgan fingerprint density at radius 3 is 1.19 bits per heavy atom. The quantitative estimate of drug-likeness (QED) is 0.0554. The molecule has 0 fully saturated rings. The van der Waals surface area contributed by atoms with Crippen molar-refractivity contribution in [3.05, 3.63) is 263 Å². The average molecular weight is 741 g/mol. The second-order valence-corrected chi connectivity index (χ2v) is 13.4.